The Labute approximate surface area is 168 Å². The van der Waals surface area contributed by atoms with Gasteiger partial charge in [0.15, 0.2) is 0 Å². The highest BCUT2D eigenvalue weighted by atomic mass is 32.2. The number of rotatable bonds is 9. The lowest BCUT2D eigenvalue weighted by Crippen LogP contribution is -2.59. The molecule has 0 aliphatic rings. The summed E-state index contributed by atoms with van der Waals surface area (Å²) in [6, 6.07) is 5.43. The number of hydrogen-bond donors (Lipinski definition) is 1. The molecule has 1 atom stereocenters. The van der Waals surface area contributed by atoms with Crippen LogP contribution in [0.25, 0.3) is 0 Å². The molecule has 1 N–H and O–H groups in total. The third-order valence-electron chi connectivity index (χ3n) is 3.63. The molecule has 1 rings (SSSR count). The lowest BCUT2D eigenvalue weighted by Gasteiger charge is -2.34. The molecule has 0 aromatic heterocycles. The van der Waals surface area contributed by atoms with Gasteiger partial charge in [-0.25, -0.2) is 4.79 Å². The molecule has 0 bridgehead atoms. The summed E-state index contributed by atoms with van der Waals surface area (Å²) in [6.45, 7) is 2.97. The molecule has 13 heteroatoms. The Hall–Kier alpha value is -2.38. The minimum absolute atomic E-state index is 0.00395. The monoisotopic (exact) mass is 460 g/mol. The summed E-state index contributed by atoms with van der Waals surface area (Å²) in [6.07, 6.45) is -6.96. The van der Waals surface area contributed by atoms with Crippen LogP contribution in [0, 0.1) is 6.92 Å². The number of aryl methyl sites for hydroxylation is 1. The number of carbonyl (C=O) groups excluding carboxylic acids is 2. The van der Waals surface area contributed by atoms with Gasteiger partial charge in [0.25, 0.3) is 0 Å². The summed E-state index contributed by atoms with van der Waals surface area (Å²) in [5.74, 6) is -8.40. The summed E-state index contributed by atoms with van der Waals surface area (Å²) in [5.41, 5.74) is 0.0682. The minimum Gasteiger partial charge on any atom is -0.413 e. The predicted octanol–water partition coefficient (Wildman–Crippen LogP) is 2.98. The van der Waals surface area contributed by atoms with E-state index in [0.29, 0.717) is 5.56 Å². The molecule has 0 saturated carbocycles. The number of ether oxygens (including phenoxy) is 2. The van der Waals surface area contributed by atoms with Crippen molar-refractivity contribution in [1.82, 2.24) is 0 Å². The summed E-state index contributed by atoms with van der Waals surface area (Å²) >= 11 is 0. The van der Waals surface area contributed by atoms with Gasteiger partial charge in [0.2, 0.25) is 5.78 Å². The number of ketones is 1. The van der Waals surface area contributed by atoms with Crippen LogP contribution in [0.3, 0.4) is 0 Å². The Bertz CT molecular complexity index is 923. The molecular formula is C17H17F5O7S. The third-order valence-corrected chi connectivity index (χ3v) is 4.50. The molecule has 0 saturated heterocycles. The summed E-state index contributed by atoms with van der Waals surface area (Å²) in [5, 5.41) is -5.23. The highest BCUT2D eigenvalue weighted by Gasteiger charge is 2.67. The first kappa shape index (κ1) is 25.7. The Kier molecular flexibility index (Phi) is 7.51. The first-order valence-electron chi connectivity index (χ1n) is 7.96. The third kappa shape index (κ3) is 5.83. The maximum Gasteiger partial charge on any atom is 0.464 e. The highest BCUT2D eigenvalue weighted by Crippen LogP contribution is 2.39. The predicted molar refractivity (Wildman–Crippen MR) is 92.0 cm³/mol. The van der Waals surface area contributed by atoms with Crippen LogP contribution in [0.4, 0.5) is 22.0 Å². The maximum atomic E-state index is 13.8. The van der Waals surface area contributed by atoms with Gasteiger partial charge in [-0.15, -0.1) is 0 Å². The van der Waals surface area contributed by atoms with Gasteiger partial charge in [0.05, 0.1) is 0 Å². The fourth-order valence-corrected chi connectivity index (χ4v) is 2.16. The minimum atomic E-state index is -6.20. The van der Waals surface area contributed by atoms with Gasteiger partial charge >= 0.3 is 33.3 Å². The first-order chi connectivity index (χ1) is 13.4. The fourth-order valence-electron chi connectivity index (χ4n) is 1.95. The van der Waals surface area contributed by atoms with Crippen LogP contribution < -0.4 is 0 Å². The van der Waals surface area contributed by atoms with E-state index in [1.165, 1.54) is 24.3 Å². The van der Waals surface area contributed by atoms with Crippen molar-refractivity contribution in [2.45, 2.75) is 37.5 Å². The molecule has 0 fully saturated rings. The van der Waals surface area contributed by atoms with Gasteiger partial charge in [-0.1, -0.05) is 36.4 Å². The number of Topliss-reactive ketones (excluding diaryl/α,β-unsaturated/α-hetero) is 1. The Morgan fingerprint density at radius 3 is 2.00 bits per heavy atom. The van der Waals surface area contributed by atoms with Crippen LogP contribution >= 0.6 is 0 Å². The second-order valence-corrected chi connectivity index (χ2v) is 7.82. The number of hydrogen-bond acceptors (Lipinski definition) is 6. The van der Waals surface area contributed by atoms with Crippen LogP contribution in [0.15, 0.2) is 36.4 Å². The quantitative estimate of drug-likeness (QED) is 0.199. The molecule has 1 aromatic carbocycles. The maximum absolute atomic E-state index is 13.8. The Morgan fingerprint density at radius 2 is 1.60 bits per heavy atom. The van der Waals surface area contributed by atoms with E-state index >= 15 is 0 Å². The molecule has 0 spiro atoms. The van der Waals surface area contributed by atoms with Crippen molar-refractivity contribution in [2.24, 2.45) is 0 Å². The summed E-state index contributed by atoms with van der Waals surface area (Å²) < 4.78 is 106. The Morgan fingerprint density at radius 1 is 1.10 bits per heavy atom. The number of alkyl halides is 5. The molecular weight excluding hydrogens is 443 g/mol. The van der Waals surface area contributed by atoms with Crippen molar-refractivity contribution in [3.63, 3.8) is 0 Å². The van der Waals surface area contributed by atoms with E-state index in [1.54, 1.807) is 6.92 Å². The molecule has 0 amide bonds. The van der Waals surface area contributed by atoms with E-state index in [0.717, 1.165) is 6.92 Å². The van der Waals surface area contributed by atoms with E-state index in [4.69, 9.17) is 4.55 Å². The van der Waals surface area contributed by atoms with Crippen molar-refractivity contribution in [2.75, 3.05) is 6.61 Å². The van der Waals surface area contributed by atoms with Crippen LogP contribution in [-0.4, -0.2) is 48.5 Å². The first-order valence-corrected chi connectivity index (χ1v) is 9.40. The second-order valence-electron chi connectivity index (χ2n) is 6.27. The number of halogens is 5. The van der Waals surface area contributed by atoms with Gasteiger partial charge in [-0.2, -0.15) is 30.4 Å². The van der Waals surface area contributed by atoms with E-state index in [2.05, 4.69) is 16.1 Å². The van der Waals surface area contributed by atoms with Gasteiger partial charge in [0.1, 0.15) is 6.61 Å². The smallest absolute Gasteiger partial charge is 0.413 e. The second kappa shape index (κ2) is 8.78. The normalized spacial score (nSPS) is 14.7. The number of benzene rings is 1. The molecule has 0 aliphatic carbocycles. The lowest BCUT2D eigenvalue weighted by molar-refractivity contribution is -0.351. The van der Waals surface area contributed by atoms with Crippen molar-refractivity contribution in [3.8, 4) is 0 Å². The van der Waals surface area contributed by atoms with Crippen LogP contribution in [-0.2, 0) is 35.6 Å². The fraction of sp³-hybridized carbons (Fsp3) is 0.412. The van der Waals surface area contributed by atoms with E-state index in [9.17, 15) is 40.0 Å². The van der Waals surface area contributed by atoms with E-state index in [1.807, 2.05) is 0 Å². The molecule has 7 nitrogen and oxygen atoms in total. The van der Waals surface area contributed by atoms with Crippen molar-refractivity contribution in [3.05, 3.63) is 47.5 Å². The lowest BCUT2D eigenvalue weighted by atomic mass is 10.0. The molecule has 30 heavy (non-hydrogen) atoms. The number of esters is 1. The standard InChI is InChI=1S/C17H17F5O7S/c1-10(2)14(24)29-16(17(20,21)22,28-9-15(18,19)30(25,26)27)13(23)8-12-6-4-11(3)5-7-12/h4-7H,1,8-9H2,2-3H3,(H,25,26,27). The number of carbonyl (C=O) groups is 2. The topological polar surface area (TPSA) is 107 Å². The zero-order chi connectivity index (χ0) is 23.5. The van der Waals surface area contributed by atoms with Gasteiger partial charge in [-0.05, 0) is 19.4 Å². The molecule has 0 radical (unpaired) electrons. The summed E-state index contributed by atoms with van der Waals surface area (Å²) in [4.78, 5) is 24.2. The van der Waals surface area contributed by atoms with Gasteiger partial charge in [-0.3, -0.25) is 9.35 Å². The largest absolute Gasteiger partial charge is 0.464 e. The molecule has 0 heterocycles. The highest BCUT2D eigenvalue weighted by molar-refractivity contribution is 7.86. The molecule has 168 valence electrons. The summed E-state index contributed by atoms with van der Waals surface area (Å²) in [7, 11) is -6.20. The van der Waals surface area contributed by atoms with Crippen molar-refractivity contribution >= 4 is 21.9 Å². The average molecular weight is 460 g/mol. The van der Waals surface area contributed by atoms with Gasteiger partial charge < -0.3 is 9.47 Å². The van der Waals surface area contributed by atoms with Crippen molar-refractivity contribution < 1.29 is 54.0 Å². The van der Waals surface area contributed by atoms with Crippen LogP contribution in [0.5, 0.6) is 0 Å². The van der Waals surface area contributed by atoms with Crippen LogP contribution in [0.1, 0.15) is 18.1 Å². The zero-order valence-electron chi connectivity index (χ0n) is 15.6. The van der Waals surface area contributed by atoms with E-state index < -0.39 is 57.7 Å². The average Bonchev–Trinajstić information content (AvgIpc) is 2.58. The van der Waals surface area contributed by atoms with Crippen LogP contribution in [0.2, 0.25) is 0 Å². The van der Waals surface area contributed by atoms with Gasteiger partial charge in [0, 0.05) is 12.0 Å². The van der Waals surface area contributed by atoms with E-state index in [-0.39, 0.29) is 5.56 Å². The van der Waals surface area contributed by atoms with Crippen molar-refractivity contribution in [1.29, 1.82) is 0 Å². The Balaban J connectivity index is 3.45. The zero-order valence-corrected chi connectivity index (χ0v) is 16.4. The molecule has 1 unspecified atom stereocenters. The molecule has 1 aromatic rings. The molecule has 0 aliphatic heterocycles. The SMILES string of the molecule is C=C(C)C(=O)OC(OCC(F)(F)S(=O)(=O)O)(C(=O)Cc1ccc(C)cc1)C(F)(F)F.